The van der Waals surface area contributed by atoms with Gasteiger partial charge >= 0.3 is 0 Å². The molecular weight excluding hydrogens is 312 g/mol. The molecule has 0 radical (unpaired) electrons. The third-order valence-corrected chi connectivity index (χ3v) is 4.58. The zero-order valence-electron chi connectivity index (χ0n) is 14.3. The highest BCUT2D eigenvalue weighted by Gasteiger charge is 2.25. The molecule has 4 rings (SSSR count). The summed E-state index contributed by atoms with van der Waals surface area (Å²) >= 11 is 0. The molecule has 0 saturated carbocycles. The van der Waals surface area contributed by atoms with E-state index in [-0.39, 0.29) is 0 Å². The fraction of sp³-hybridized carbons (Fsp3) is 0.316. The molecule has 2 N–H and O–H groups in total. The van der Waals surface area contributed by atoms with Crippen LogP contribution in [0.5, 0.6) is 0 Å². The van der Waals surface area contributed by atoms with Gasteiger partial charge in [-0.1, -0.05) is 30.3 Å². The lowest BCUT2D eigenvalue weighted by molar-refractivity contribution is 0.583. The fourth-order valence-corrected chi connectivity index (χ4v) is 3.25. The van der Waals surface area contributed by atoms with Crippen LogP contribution in [0.1, 0.15) is 29.8 Å². The molecule has 3 aromatic rings. The number of aromatic nitrogens is 3. The van der Waals surface area contributed by atoms with Crippen molar-refractivity contribution in [3.05, 3.63) is 65.6 Å². The van der Waals surface area contributed by atoms with Crippen molar-refractivity contribution in [3.63, 3.8) is 0 Å². The number of nitrogens with one attached hydrogen (secondary N) is 2. The van der Waals surface area contributed by atoms with Gasteiger partial charge in [0.2, 0.25) is 0 Å². The van der Waals surface area contributed by atoms with Gasteiger partial charge in [0.15, 0.2) is 17.4 Å². The zero-order chi connectivity index (χ0) is 17.1. The summed E-state index contributed by atoms with van der Waals surface area (Å²) in [6, 6.07) is 14.5. The van der Waals surface area contributed by atoms with Crippen LogP contribution in [0, 0.1) is 0 Å². The van der Waals surface area contributed by atoms with Crippen molar-refractivity contribution in [1.82, 2.24) is 25.2 Å². The molecule has 0 saturated heterocycles. The van der Waals surface area contributed by atoms with Crippen LogP contribution in [-0.2, 0) is 13.0 Å². The highest BCUT2D eigenvalue weighted by atomic mass is 15.3. The largest absolute Gasteiger partial charge is 0.357 e. The van der Waals surface area contributed by atoms with Crippen LogP contribution in [0.4, 0.5) is 0 Å². The summed E-state index contributed by atoms with van der Waals surface area (Å²) in [5, 5.41) is 15.2. The molecule has 0 spiro atoms. The second-order valence-corrected chi connectivity index (χ2v) is 6.22. The Morgan fingerprint density at radius 1 is 1.16 bits per heavy atom. The lowest BCUT2D eigenvalue weighted by Gasteiger charge is -2.30. The van der Waals surface area contributed by atoms with E-state index >= 15 is 0 Å². The van der Waals surface area contributed by atoms with E-state index < -0.39 is 0 Å². The van der Waals surface area contributed by atoms with Gasteiger partial charge in [0, 0.05) is 25.2 Å². The molecular formula is C19H22N6. The summed E-state index contributed by atoms with van der Waals surface area (Å²) in [5.41, 5.74) is 3.76. The van der Waals surface area contributed by atoms with Crippen LogP contribution in [0.25, 0.3) is 5.65 Å². The number of benzene rings is 1. The number of nitrogens with zero attached hydrogens (tertiary/aromatic N) is 4. The summed E-state index contributed by atoms with van der Waals surface area (Å²) in [4.78, 5) is 4.66. The van der Waals surface area contributed by atoms with Crippen LogP contribution >= 0.6 is 0 Å². The molecule has 1 aliphatic carbocycles. The number of fused-ring (bicyclic) bond motifs is 2. The molecule has 128 valence electrons. The number of hydrogen-bond donors (Lipinski definition) is 2. The highest BCUT2D eigenvalue weighted by molar-refractivity contribution is 5.79. The number of guanidine groups is 1. The second kappa shape index (κ2) is 6.93. The molecule has 0 bridgehead atoms. The predicted octanol–water partition coefficient (Wildman–Crippen LogP) is 2.12. The molecule has 6 nitrogen and oxygen atoms in total. The Hall–Kier alpha value is -2.89. The van der Waals surface area contributed by atoms with Crippen LogP contribution < -0.4 is 10.6 Å². The Labute approximate surface area is 147 Å². The average molecular weight is 334 g/mol. The van der Waals surface area contributed by atoms with Crippen molar-refractivity contribution in [1.29, 1.82) is 0 Å². The van der Waals surface area contributed by atoms with Gasteiger partial charge in [-0.05, 0) is 36.6 Å². The first kappa shape index (κ1) is 15.6. The van der Waals surface area contributed by atoms with Gasteiger partial charge in [0.25, 0.3) is 0 Å². The number of pyridine rings is 1. The first-order valence-electron chi connectivity index (χ1n) is 8.73. The molecule has 0 fully saturated rings. The highest BCUT2D eigenvalue weighted by Crippen LogP contribution is 2.33. The van der Waals surface area contributed by atoms with E-state index in [9.17, 15) is 0 Å². The van der Waals surface area contributed by atoms with E-state index in [0.29, 0.717) is 12.5 Å². The van der Waals surface area contributed by atoms with E-state index in [1.165, 1.54) is 11.1 Å². The maximum absolute atomic E-state index is 4.66. The summed E-state index contributed by atoms with van der Waals surface area (Å²) in [5.74, 6) is 2.22. The smallest absolute Gasteiger partial charge is 0.191 e. The van der Waals surface area contributed by atoms with Crippen molar-refractivity contribution in [3.8, 4) is 0 Å². The maximum atomic E-state index is 4.66. The number of hydrogen-bond acceptors (Lipinski definition) is 3. The summed E-state index contributed by atoms with van der Waals surface area (Å²) in [7, 11) is 0. The molecule has 25 heavy (non-hydrogen) atoms. The van der Waals surface area contributed by atoms with Crippen LogP contribution in [-0.4, -0.2) is 33.6 Å². The average Bonchev–Trinajstić information content (AvgIpc) is 3.03. The van der Waals surface area contributed by atoms with Crippen molar-refractivity contribution in [2.45, 2.75) is 25.8 Å². The summed E-state index contributed by atoms with van der Waals surface area (Å²) in [6.45, 7) is 4.28. The Morgan fingerprint density at radius 2 is 2.04 bits per heavy atom. The molecule has 2 heterocycles. The predicted molar refractivity (Wildman–Crippen MR) is 98.7 cm³/mol. The van der Waals surface area contributed by atoms with Crippen molar-refractivity contribution in [2.24, 2.45) is 4.99 Å². The Balaban J connectivity index is 1.41. The number of rotatable bonds is 5. The molecule has 1 aliphatic rings. The van der Waals surface area contributed by atoms with Gasteiger partial charge in [0.05, 0.1) is 0 Å². The van der Waals surface area contributed by atoms with Gasteiger partial charge in [-0.3, -0.25) is 4.40 Å². The molecule has 2 aromatic heterocycles. The first-order valence-corrected chi connectivity index (χ1v) is 8.73. The summed E-state index contributed by atoms with van der Waals surface area (Å²) in [6.07, 6.45) is 3.10. The molecule has 6 heteroatoms. The number of aliphatic imine (C=N–C) groups is 1. The minimum atomic E-state index is 0.488. The van der Waals surface area contributed by atoms with E-state index in [4.69, 9.17) is 0 Å². The summed E-state index contributed by atoms with van der Waals surface area (Å²) < 4.78 is 1.97. The molecule has 0 amide bonds. The standard InChI is InChI=1S/C19H22N6/c1-2-20-19(21-12-15-11-14-7-3-4-8-16(14)15)22-13-18-24-23-17-9-5-6-10-25(17)18/h3-10,15H,2,11-13H2,1H3,(H2,20,21,22). The van der Waals surface area contributed by atoms with Crippen molar-refractivity contribution in [2.75, 3.05) is 13.1 Å². The fourth-order valence-electron chi connectivity index (χ4n) is 3.25. The van der Waals surface area contributed by atoms with Gasteiger partial charge in [-0.25, -0.2) is 4.99 Å². The van der Waals surface area contributed by atoms with Crippen molar-refractivity contribution >= 4 is 11.6 Å². The quantitative estimate of drug-likeness (QED) is 0.554. The molecule has 0 aliphatic heterocycles. The van der Waals surface area contributed by atoms with Crippen LogP contribution in [0.2, 0.25) is 0 Å². The third-order valence-electron chi connectivity index (χ3n) is 4.58. The third kappa shape index (κ3) is 3.20. The minimum Gasteiger partial charge on any atom is -0.357 e. The van der Waals surface area contributed by atoms with Gasteiger partial charge in [0.1, 0.15) is 6.54 Å². The zero-order valence-corrected chi connectivity index (χ0v) is 14.3. The Bertz CT molecular complexity index is 898. The van der Waals surface area contributed by atoms with Gasteiger partial charge in [-0.15, -0.1) is 10.2 Å². The molecule has 1 atom stereocenters. The van der Waals surface area contributed by atoms with E-state index in [2.05, 4.69) is 57.0 Å². The first-order chi connectivity index (χ1) is 12.3. The Morgan fingerprint density at radius 3 is 2.92 bits per heavy atom. The van der Waals surface area contributed by atoms with Gasteiger partial charge < -0.3 is 10.6 Å². The second-order valence-electron chi connectivity index (χ2n) is 6.22. The van der Waals surface area contributed by atoms with E-state index in [1.807, 2.05) is 28.8 Å². The normalized spacial score (nSPS) is 16.4. The Kier molecular flexibility index (Phi) is 4.33. The van der Waals surface area contributed by atoms with Gasteiger partial charge in [-0.2, -0.15) is 0 Å². The van der Waals surface area contributed by atoms with Crippen molar-refractivity contribution < 1.29 is 0 Å². The topological polar surface area (TPSA) is 66.6 Å². The van der Waals surface area contributed by atoms with E-state index in [1.54, 1.807) is 0 Å². The van der Waals surface area contributed by atoms with Crippen LogP contribution in [0.3, 0.4) is 0 Å². The molecule has 1 aromatic carbocycles. The SMILES string of the molecule is CCNC(=NCc1nnc2ccccn12)NCC1Cc2ccccc21. The molecule has 1 unspecified atom stereocenters. The monoisotopic (exact) mass is 334 g/mol. The lowest BCUT2D eigenvalue weighted by Crippen LogP contribution is -2.41. The van der Waals surface area contributed by atoms with E-state index in [0.717, 1.165) is 36.9 Å². The minimum absolute atomic E-state index is 0.488. The maximum Gasteiger partial charge on any atom is 0.191 e. The van der Waals surface area contributed by atoms with Crippen LogP contribution in [0.15, 0.2) is 53.7 Å². The lowest BCUT2D eigenvalue weighted by atomic mass is 9.78.